The van der Waals surface area contributed by atoms with Crippen LogP contribution in [0.15, 0.2) is 0 Å². The van der Waals surface area contributed by atoms with Gasteiger partial charge >= 0.3 is 0 Å². The Balaban J connectivity index is 2.15. The molecule has 0 aromatic carbocycles. The third kappa shape index (κ3) is 3.30. The van der Waals surface area contributed by atoms with Gasteiger partial charge in [0, 0.05) is 6.04 Å². The first kappa shape index (κ1) is 11.0. The Hall–Kier alpha value is -0.0400. The van der Waals surface area contributed by atoms with Crippen molar-refractivity contribution < 1.29 is 0 Å². The summed E-state index contributed by atoms with van der Waals surface area (Å²) in [6, 6.07) is 0.692. The van der Waals surface area contributed by atoms with Crippen LogP contribution in [-0.2, 0) is 0 Å². The van der Waals surface area contributed by atoms with Crippen molar-refractivity contribution in [1.82, 2.24) is 5.32 Å². The topological polar surface area (TPSA) is 12.0 Å². The predicted molar refractivity (Wildman–Crippen MR) is 58.8 cm³/mol. The average molecular weight is 183 g/mol. The van der Waals surface area contributed by atoms with Crippen LogP contribution in [0.3, 0.4) is 0 Å². The van der Waals surface area contributed by atoms with Crippen molar-refractivity contribution in [2.24, 2.45) is 17.8 Å². The molecule has 1 fully saturated rings. The van der Waals surface area contributed by atoms with Gasteiger partial charge in [-0.15, -0.1) is 0 Å². The molecule has 0 amide bonds. The minimum atomic E-state index is 0.692. The summed E-state index contributed by atoms with van der Waals surface area (Å²) in [7, 11) is 2.06. The Labute approximate surface area is 83.3 Å². The van der Waals surface area contributed by atoms with Crippen molar-refractivity contribution in [2.75, 3.05) is 7.05 Å². The fraction of sp³-hybridized carbons (Fsp3) is 1.00. The molecule has 1 nitrogen and oxygen atoms in total. The van der Waals surface area contributed by atoms with E-state index in [9.17, 15) is 0 Å². The quantitative estimate of drug-likeness (QED) is 0.667. The van der Waals surface area contributed by atoms with Gasteiger partial charge < -0.3 is 5.32 Å². The Bertz CT molecular complexity index is 144. The van der Waals surface area contributed by atoms with Crippen molar-refractivity contribution in [1.29, 1.82) is 0 Å². The molecular formula is C12H25N. The van der Waals surface area contributed by atoms with E-state index in [0.717, 1.165) is 17.8 Å². The fourth-order valence-corrected chi connectivity index (χ4v) is 2.52. The summed E-state index contributed by atoms with van der Waals surface area (Å²) in [4.78, 5) is 0. The zero-order valence-electron chi connectivity index (χ0n) is 9.64. The summed E-state index contributed by atoms with van der Waals surface area (Å²) in [6.07, 6.45) is 5.69. The molecule has 0 bridgehead atoms. The highest BCUT2D eigenvalue weighted by molar-refractivity contribution is 4.90. The van der Waals surface area contributed by atoms with E-state index < -0.39 is 0 Å². The van der Waals surface area contributed by atoms with Crippen molar-refractivity contribution >= 4 is 0 Å². The molecule has 0 spiro atoms. The number of hydrogen-bond acceptors (Lipinski definition) is 1. The summed E-state index contributed by atoms with van der Waals surface area (Å²) >= 11 is 0. The monoisotopic (exact) mass is 183 g/mol. The normalized spacial score (nSPS) is 31.4. The molecule has 1 N–H and O–H groups in total. The van der Waals surface area contributed by atoms with Crippen LogP contribution in [0.2, 0.25) is 0 Å². The van der Waals surface area contributed by atoms with Crippen molar-refractivity contribution in [3.63, 3.8) is 0 Å². The van der Waals surface area contributed by atoms with Crippen LogP contribution < -0.4 is 5.32 Å². The van der Waals surface area contributed by atoms with Gasteiger partial charge in [-0.05, 0) is 44.6 Å². The number of rotatable bonds is 6. The first-order valence-corrected chi connectivity index (χ1v) is 5.86. The second-order valence-electron chi connectivity index (χ2n) is 4.85. The summed E-state index contributed by atoms with van der Waals surface area (Å²) in [5.41, 5.74) is 0. The smallest absolute Gasteiger partial charge is 0.00383 e. The zero-order valence-corrected chi connectivity index (χ0v) is 9.64. The Morgan fingerprint density at radius 1 is 1.38 bits per heavy atom. The maximum atomic E-state index is 3.33. The van der Waals surface area contributed by atoms with Gasteiger partial charge in [0.25, 0.3) is 0 Å². The highest BCUT2D eigenvalue weighted by Crippen LogP contribution is 2.48. The third-order valence-electron chi connectivity index (χ3n) is 3.59. The van der Waals surface area contributed by atoms with E-state index in [0.29, 0.717) is 6.04 Å². The molecule has 0 radical (unpaired) electrons. The fourth-order valence-electron chi connectivity index (χ4n) is 2.52. The molecule has 0 aliphatic heterocycles. The van der Waals surface area contributed by atoms with Crippen LogP contribution in [-0.4, -0.2) is 13.1 Å². The molecule has 1 aliphatic carbocycles. The predicted octanol–water partition coefficient (Wildman–Crippen LogP) is 3.06. The summed E-state index contributed by atoms with van der Waals surface area (Å²) in [5.74, 6) is 3.05. The summed E-state index contributed by atoms with van der Waals surface area (Å²) in [5, 5.41) is 3.33. The largest absolute Gasteiger partial charge is 0.317 e. The van der Waals surface area contributed by atoms with Crippen LogP contribution in [0.5, 0.6) is 0 Å². The van der Waals surface area contributed by atoms with Crippen molar-refractivity contribution in [3.8, 4) is 0 Å². The minimum Gasteiger partial charge on any atom is -0.317 e. The highest BCUT2D eigenvalue weighted by atomic mass is 14.8. The van der Waals surface area contributed by atoms with E-state index in [-0.39, 0.29) is 0 Å². The van der Waals surface area contributed by atoms with E-state index >= 15 is 0 Å². The van der Waals surface area contributed by atoms with Crippen molar-refractivity contribution in [3.05, 3.63) is 0 Å². The molecular weight excluding hydrogens is 158 g/mol. The standard InChI is InChI=1S/C12H25N/c1-5-6-11-8-12(11)9(2)7-10(3)13-4/h9-13H,5-8H2,1-4H3/t9-,10?,11?,12?/m1/s1. The second kappa shape index (κ2) is 4.99. The van der Waals surface area contributed by atoms with Crippen LogP contribution >= 0.6 is 0 Å². The molecule has 13 heavy (non-hydrogen) atoms. The molecule has 0 aromatic rings. The van der Waals surface area contributed by atoms with Gasteiger partial charge in [-0.1, -0.05) is 26.7 Å². The molecule has 1 heteroatoms. The van der Waals surface area contributed by atoms with E-state index in [2.05, 4.69) is 33.1 Å². The second-order valence-corrected chi connectivity index (χ2v) is 4.85. The maximum absolute atomic E-state index is 3.33. The van der Waals surface area contributed by atoms with Gasteiger partial charge in [0.2, 0.25) is 0 Å². The minimum absolute atomic E-state index is 0.692. The van der Waals surface area contributed by atoms with Gasteiger partial charge in [-0.25, -0.2) is 0 Å². The lowest BCUT2D eigenvalue weighted by Crippen LogP contribution is -2.24. The van der Waals surface area contributed by atoms with Gasteiger partial charge in [0.15, 0.2) is 0 Å². The van der Waals surface area contributed by atoms with Gasteiger partial charge in [-0.3, -0.25) is 0 Å². The Morgan fingerprint density at radius 3 is 2.62 bits per heavy atom. The molecule has 1 aliphatic rings. The third-order valence-corrected chi connectivity index (χ3v) is 3.59. The van der Waals surface area contributed by atoms with Crippen LogP contribution in [0.1, 0.15) is 46.5 Å². The van der Waals surface area contributed by atoms with Gasteiger partial charge in [-0.2, -0.15) is 0 Å². The Kier molecular flexibility index (Phi) is 4.24. The number of nitrogens with one attached hydrogen (secondary N) is 1. The molecule has 1 saturated carbocycles. The lowest BCUT2D eigenvalue weighted by molar-refractivity contribution is 0.382. The van der Waals surface area contributed by atoms with E-state index in [1.807, 2.05) is 0 Å². The number of hydrogen-bond donors (Lipinski definition) is 1. The van der Waals surface area contributed by atoms with Crippen LogP contribution in [0, 0.1) is 17.8 Å². The molecule has 4 atom stereocenters. The van der Waals surface area contributed by atoms with Crippen LogP contribution in [0.25, 0.3) is 0 Å². The van der Waals surface area contributed by atoms with E-state index in [1.165, 1.54) is 25.7 Å². The molecule has 0 aromatic heterocycles. The maximum Gasteiger partial charge on any atom is 0.00383 e. The summed E-state index contributed by atoms with van der Waals surface area (Å²) < 4.78 is 0. The Morgan fingerprint density at radius 2 is 2.08 bits per heavy atom. The van der Waals surface area contributed by atoms with E-state index in [1.54, 1.807) is 0 Å². The van der Waals surface area contributed by atoms with Gasteiger partial charge in [0.1, 0.15) is 0 Å². The summed E-state index contributed by atoms with van der Waals surface area (Å²) in [6.45, 7) is 7.01. The lowest BCUT2D eigenvalue weighted by atomic mass is 9.96. The first-order valence-electron chi connectivity index (χ1n) is 5.86. The average Bonchev–Trinajstić information content (AvgIpc) is 2.84. The molecule has 0 saturated heterocycles. The molecule has 1 rings (SSSR count). The lowest BCUT2D eigenvalue weighted by Gasteiger charge is -2.16. The van der Waals surface area contributed by atoms with Gasteiger partial charge in [0.05, 0.1) is 0 Å². The zero-order chi connectivity index (χ0) is 9.84. The highest BCUT2D eigenvalue weighted by Gasteiger charge is 2.39. The van der Waals surface area contributed by atoms with Crippen LogP contribution in [0.4, 0.5) is 0 Å². The molecule has 78 valence electrons. The first-order chi connectivity index (χ1) is 6.19. The SMILES string of the molecule is CCCC1CC1[C@H](C)CC(C)NC. The van der Waals surface area contributed by atoms with E-state index in [4.69, 9.17) is 0 Å². The molecule has 0 heterocycles. The van der Waals surface area contributed by atoms with Crippen molar-refractivity contribution in [2.45, 2.75) is 52.5 Å². The molecule has 3 unspecified atom stereocenters.